The van der Waals surface area contributed by atoms with Crippen molar-refractivity contribution in [3.63, 3.8) is 0 Å². The Kier molecular flexibility index (Phi) is 28.6. The summed E-state index contributed by atoms with van der Waals surface area (Å²) in [5, 5.41) is 0. The number of benzene rings is 1. The molecule has 12 heteroatoms. The maximum atomic E-state index is 5.66. The molecular weight excluding hydrogens is 559 g/mol. The van der Waals surface area contributed by atoms with Crippen molar-refractivity contribution in [1.82, 2.24) is 0 Å². The Hall–Kier alpha value is 2.18. The molecule has 1 aromatic carbocycles. The van der Waals surface area contributed by atoms with Gasteiger partial charge in [0, 0.05) is 45.3 Å². The van der Waals surface area contributed by atoms with E-state index in [-0.39, 0.29) is 56.6 Å². The van der Waals surface area contributed by atoms with Crippen LogP contribution in [0.3, 0.4) is 0 Å². The number of rotatable bonds is 5. The average Bonchev–Trinajstić information content (AvgIpc) is 3.59. The Balaban J connectivity index is -0.000000579. The molecule has 0 aliphatic carbocycles. The molecule has 0 spiro atoms. The topological polar surface area (TPSA) is 30.9 Å². The van der Waals surface area contributed by atoms with Crippen LogP contribution in [0.5, 0.6) is 0 Å². The molecule has 39 heavy (non-hydrogen) atoms. The second-order valence-electron chi connectivity index (χ2n) is 11.1. The first kappa shape index (κ1) is 45.6. The largest absolute Gasteiger partial charge is 1.00 e. The Morgan fingerprint density at radius 1 is 0.615 bits per heavy atom. The number of anilines is 1. The maximum Gasteiger partial charge on any atom is 1.00 e. The fourth-order valence-electron chi connectivity index (χ4n) is 4.18. The van der Waals surface area contributed by atoms with Gasteiger partial charge in [0.25, 0.3) is 0 Å². The SMILES string of the molecule is C1CCOC1.C1CCOC1.C1CCOC1.CC(C)c1cccc(C(C)C)c1N([Si](C)(C)C)[Si]([S-])([S-])[S-].[Li+].[Li+].[Li+]. The molecule has 3 aliphatic rings. The molecular formula is C27H50Li3NO3S3Si2. The summed E-state index contributed by atoms with van der Waals surface area (Å²) in [4.78, 5) is 0. The van der Waals surface area contributed by atoms with Crippen molar-refractivity contribution in [1.29, 1.82) is 0 Å². The number of hydrogen-bond acceptors (Lipinski definition) is 7. The fraction of sp³-hybridized carbons (Fsp3) is 0.778. The van der Waals surface area contributed by atoms with Crippen molar-refractivity contribution in [2.45, 2.75) is 97.7 Å². The fourth-order valence-corrected chi connectivity index (χ4v) is 17.1. The monoisotopic (exact) mass is 609 g/mol. The van der Waals surface area contributed by atoms with Gasteiger partial charge in [0.05, 0.1) is 0 Å². The summed E-state index contributed by atoms with van der Waals surface area (Å²) in [6.45, 7) is 21.8. The van der Waals surface area contributed by atoms with Gasteiger partial charge in [-0.2, -0.15) is 0 Å². The molecule has 4 nitrogen and oxygen atoms in total. The van der Waals surface area contributed by atoms with Gasteiger partial charge in [-0.1, -0.05) is 65.5 Å². The van der Waals surface area contributed by atoms with E-state index < -0.39 is 13.9 Å². The van der Waals surface area contributed by atoms with Crippen molar-refractivity contribution in [3.8, 4) is 0 Å². The zero-order valence-electron chi connectivity index (χ0n) is 26.8. The Labute approximate surface area is 294 Å². The van der Waals surface area contributed by atoms with Gasteiger partial charge in [-0.3, -0.25) is 5.68 Å². The van der Waals surface area contributed by atoms with Gasteiger partial charge in [0.15, 0.2) is 0 Å². The number of hydrogen-bond donors (Lipinski definition) is 0. The number of ether oxygens (including phenoxy) is 3. The standard InChI is InChI=1S/C15H26NS3Si2.3C4H8O.3Li/c1-11(2)13-9-8-10-14(12(3)4)15(13)16(20(5,6)7)21(17,18)19;3*1-2-4-5-3-1;;;/h8-12H,1-7H3;3*1-4H2;;;/q-3;;;;3*+1. The maximum absolute atomic E-state index is 5.66. The third-order valence-corrected chi connectivity index (χ3v) is 14.4. The molecule has 3 heterocycles. The van der Waals surface area contributed by atoms with Crippen molar-refractivity contribution < 1.29 is 70.8 Å². The third-order valence-electron chi connectivity index (χ3n) is 5.99. The van der Waals surface area contributed by atoms with E-state index in [1.807, 2.05) is 0 Å². The minimum atomic E-state index is -2.67. The molecule has 1 aromatic rings. The van der Waals surface area contributed by atoms with Gasteiger partial charge in [-0.25, -0.2) is 0 Å². The van der Waals surface area contributed by atoms with Crippen LogP contribution in [0.2, 0.25) is 19.6 Å². The third kappa shape index (κ3) is 19.2. The summed E-state index contributed by atoms with van der Waals surface area (Å²) in [5.74, 6) is 0.878. The average molecular weight is 610 g/mol. The molecule has 0 radical (unpaired) electrons. The quantitative estimate of drug-likeness (QED) is 0.284. The molecule has 3 saturated heterocycles. The van der Waals surface area contributed by atoms with Crippen LogP contribution in [-0.2, 0) is 50.4 Å². The zero-order chi connectivity index (χ0) is 27.2. The summed E-state index contributed by atoms with van der Waals surface area (Å²) >= 11 is 17.0. The number of nitrogens with zero attached hydrogens (tertiary/aromatic N) is 1. The molecule has 3 aliphatic heterocycles. The normalized spacial score (nSPS) is 16.3. The van der Waals surface area contributed by atoms with E-state index in [1.165, 1.54) is 55.3 Å². The van der Waals surface area contributed by atoms with E-state index in [9.17, 15) is 0 Å². The van der Waals surface area contributed by atoms with E-state index >= 15 is 0 Å². The molecule has 0 saturated carbocycles. The smallest absolute Gasteiger partial charge is 0.818 e. The predicted octanol–water partition coefficient (Wildman–Crippen LogP) is -1.95. The molecule has 0 aromatic heterocycles. The molecule has 4 rings (SSSR count). The van der Waals surface area contributed by atoms with Gasteiger partial charge in [0.1, 0.15) is 8.24 Å². The summed E-state index contributed by atoms with van der Waals surface area (Å²) in [5.41, 5.74) is 1.25. The van der Waals surface area contributed by atoms with E-state index in [2.05, 4.69) is 69.8 Å². The van der Waals surface area contributed by atoms with Gasteiger partial charge in [-0.05, 0) is 61.5 Å². The first-order valence-electron chi connectivity index (χ1n) is 13.6. The molecule has 0 N–H and O–H groups in total. The summed E-state index contributed by atoms with van der Waals surface area (Å²) in [6, 6.07) is 6.56. The second-order valence-corrected chi connectivity index (χ2v) is 25.5. The van der Waals surface area contributed by atoms with Crippen LogP contribution in [0.25, 0.3) is 0 Å². The van der Waals surface area contributed by atoms with Crippen LogP contribution in [0.1, 0.15) is 89.2 Å². The van der Waals surface area contributed by atoms with Gasteiger partial charge in [0.2, 0.25) is 0 Å². The Morgan fingerprint density at radius 2 is 0.897 bits per heavy atom. The summed E-state index contributed by atoms with van der Waals surface area (Å²) < 4.78 is 17.2. The van der Waals surface area contributed by atoms with Crippen LogP contribution in [0.15, 0.2) is 18.2 Å². The first-order chi connectivity index (χ1) is 16.9. The van der Waals surface area contributed by atoms with Crippen molar-refractivity contribution in [2.75, 3.05) is 43.9 Å². The van der Waals surface area contributed by atoms with Gasteiger partial charge in [-0.15, -0.1) is 0 Å². The first-order valence-corrected chi connectivity index (χ1v) is 22.4. The Morgan fingerprint density at radius 3 is 1.05 bits per heavy atom. The molecule has 0 bridgehead atoms. The molecule has 3 fully saturated rings. The molecule has 210 valence electrons. The van der Waals surface area contributed by atoms with Crippen LogP contribution in [-0.4, -0.2) is 53.6 Å². The summed E-state index contributed by atoms with van der Waals surface area (Å²) in [7, 11) is -1.73. The summed E-state index contributed by atoms with van der Waals surface area (Å²) in [6.07, 6.45) is 7.67. The van der Waals surface area contributed by atoms with E-state index in [0.717, 1.165) is 39.6 Å². The van der Waals surface area contributed by atoms with Gasteiger partial charge < -0.3 is 54.7 Å². The van der Waals surface area contributed by atoms with Crippen molar-refractivity contribution in [2.24, 2.45) is 0 Å². The minimum absolute atomic E-state index is 0. The Bertz CT molecular complexity index is 642. The predicted molar refractivity (Wildman–Crippen MR) is 168 cm³/mol. The van der Waals surface area contributed by atoms with Crippen LogP contribution in [0.4, 0.5) is 5.69 Å². The molecule has 0 atom stereocenters. The number of para-hydroxylation sites is 1. The van der Waals surface area contributed by atoms with Crippen LogP contribution >= 0.6 is 0 Å². The minimum Gasteiger partial charge on any atom is -0.818 e. The van der Waals surface area contributed by atoms with Crippen LogP contribution in [0, 0.1) is 0 Å². The van der Waals surface area contributed by atoms with E-state index in [4.69, 9.17) is 50.4 Å². The van der Waals surface area contributed by atoms with E-state index in [1.54, 1.807) is 0 Å². The van der Waals surface area contributed by atoms with Gasteiger partial charge >= 0.3 is 56.6 Å². The van der Waals surface area contributed by atoms with E-state index in [0.29, 0.717) is 11.8 Å². The van der Waals surface area contributed by atoms with Crippen LogP contribution < -0.4 is 60.8 Å². The second kappa shape index (κ2) is 24.5. The zero-order valence-corrected chi connectivity index (χ0v) is 31.2. The van der Waals surface area contributed by atoms with Crippen molar-refractivity contribution >= 4 is 55.8 Å². The molecule has 0 amide bonds. The van der Waals surface area contributed by atoms with Crippen molar-refractivity contribution in [3.05, 3.63) is 29.3 Å². The molecule has 0 unspecified atom stereocenters.